The van der Waals surface area contributed by atoms with Crippen molar-refractivity contribution in [3.63, 3.8) is 0 Å². The number of aliphatic hydroxyl groups is 1. The summed E-state index contributed by atoms with van der Waals surface area (Å²) in [7, 11) is -3.69. The normalized spacial score (nSPS) is 12.4. The van der Waals surface area contributed by atoms with Crippen LogP contribution in [0.5, 0.6) is 5.75 Å². The number of hydrogen-bond acceptors (Lipinski definition) is 7. The van der Waals surface area contributed by atoms with Gasteiger partial charge in [0.05, 0.1) is 24.5 Å². The minimum atomic E-state index is -3.69. The first kappa shape index (κ1) is 27.3. The average Bonchev–Trinajstić information content (AvgIpc) is 2.85. The van der Waals surface area contributed by atoms with Crippen LogP contribution in [0, 0.1) is 5.92 Å². The Morgan fingerprint density at radius 3 is 2.44 bits per heavy atom. The molecule has 0 radical (unpaired) electrons. The number of carbonyl (C=O) groups is 1. The molecular formula is C27H33N3O5S. The lowest BCUT2D eigenvalue weighted by Crippen LogP contribution is -2.29. The highest BCUT2D eigenvalue weighted by molar-refractivity contribution is 7.89. The molecule has 0 spiro atoms. The van der Waals surface area contributed by atoms with Crippen LogP contribution >= 0.6 is 0 Å². The minimum absolute atomic E-state index is 0.168. The summed E-state index contributed by atoms with van der Waals surface area (Å²) in [6.45, 7) is 5.54. The van der Waals surface area contributed by atoms with Gasteiger partial charge in [-0.2, -0.15) is 0 Å². The molecule has 0 saturated carbocycles. The summed E-state index contributed by atoms with van der Waals surface area (Å²) in [6.07, 6.45) is 4.48. The van der Waals surface area contributed by atoms with Crippen LogP contribution in [0.25, 0.3) is 11.1 Å². The van der Waals surface area contributed by atoms with Crippen molar-refractivity contribution in [1.82, 2.24) is 15.0 Å². The molecule has 0 bridgehead atoms. The lowest BCUT2D eigenvalue weighted by atomic mass is 10.0. The molecule has 0 aliphatic carbocycles. The number of aliphatic hydroxyl groups excluding tert-OH is 1. The molecule has 1 amide bonds. The number of ether oxygens (including phenoxy) is 1. The Labute approximate surface area is 212 Å². The first-order valence-corrected chi connectivity index (χ1v) is 13.7. The summed E-state index contributed by atoms with van der Waals surface area (Å²) in [5, 5.41) is 13.5. The Balaban J connectivity index is 1.64. The highest BCUT2D eigenvalue weighted by Crippen LogP contribution is 2.28. The largest absolute Gasteiger partial charge is 0.492 e. The van der Waals surface area contributed by atoms with Gasteiger partial charge in [0.2, 0.25) is 10.0 Å². The van der Waals surface area contributed by atoms with E-state index < -0.39 is 22.0 Å². The van der Waals surface area contributed by atoms with Crippen molar-refractivity contribution in [3.05, 3.63) is 83.7 Å². The summed E-state index contributed by atoms with van der Waals surface area (Å²) >= 11 is 0. The number of rotatable bonds is 12. The number of aromatic nitrogens is 1. The summed E-state index contributed by atoms with van der Waals surface area (Å²) in [6, 6.07) is 16.8. The highest BCUT2D eigenvalue weighted by Gasteiger charge is 2.18. The molecule has 9 heteroatoms. The Hall–Kier alpha value is -3.27. The molecule has 8 nitrogen and oxygen atoms in total. The summed E-state index contributed by atoms with van der Waals surface area (Å²) < 4.78 is 30.9. The molecule has 0 aliphatic rings. The average molecular weight is 512 g/mol. The van der Waals surface area contributed by atoms with E-state index in [4.69, 9.17) is 4.74 Å². The molecule has 1 atom stereocenters. The van der Waals surface area contributed by atoms with Crippen molar-refractivity contribution in [2.45, 2.75) is 26.4 Å². The number of nitrogens with zero attached hydrogens (tertiary/aromatic N) is 1. The Kier molecular flexibility index (Phi) is 9.58. The number of nitrogens with one attached hydrogen (secondary N) is 2. The van der Waals surface area contributed by atoms with E-state index in [9.17, 15) is 18.3 Å². The second kappa shape index (κ2) is 12.6. The van der Waals surface area contributed by atoms with Gasteiger partial charge in [-0.3, -0.25) is 9.78 Å². The zero-order valence-electron chi connectivity index (χ0n) is 20.8. The van der Waals surface area contributed by atoms with Gasteiger partial charge in [-0.25, -0.2) is 13.1 Å². The third-order valence-corrected chi connectivity index (χ3v) is 5.92. The molecule has 1 aromatic heterocycles. The van der Waals surface area contributed by atoms with Crippen LogP contribution in [0.3, 0.4) is 0 Å². The van der Waals surface area contributed by atoms with Gasteiger partial charge < -0.3 is 15.2 Å². The lowest BCUT2D eigenvalue weighted by molar-refractivity contribution is 0.0977. The quantitative estimate of drug-likeness (QED) is 0.319. The van der Waals surface area contributed by atoms with Gasteiger partial charge in [-0.05, 0) is 53.8 Å². The van der Waals surface area contributed by atoms with Crippen LogP contribution in [-0.2, 0) is 16.4 Å². The van der Waals surface area contributed by atoms with E-state index in [2.05, 4.69) is 10.3 Å². The molecule has 36 heavy (non-hydrogen) atoms. The van der Waals surface area contributed by atoms with Gasteiger partial charge in [0.1, 0.15) is 5.75 Å². The molecule has 0 aliphatic heterocycles. The standard InChI is InChI=1S/C27H33N3O5S/c1-19(2)18-35-26-15-22(10-11-24(26)27(32)30-36(3,33)34)21-8-6-20(7-9-21)12-14-29-17-25(31)23-5-4-13-28-16-23/h4-11,13,15-16,19,25,29,31H,12,14,17-18H2,1-3H3,(H,30,32)/t25-/m1/s1. The maximum Gasteiger partial charge on any atom is 0.268 e. The maximum absolute atomic E-state index is 12.5. The predicted molar refractivity (Wildman–Crippen MR) is 140 cm³/mol. The molecule has 3 aromatic rings. The second-order valence-electron chi connectivity index (χ2n) is 9.07. The van der Waals surface area contributed by atoms with Crippen molar-refractivity contribution < 1.29 is 23.1 Å². The summed E-state index contributed by atoms with van der Waals surface area (Å²) in [4.78, 5) is 16.5. The fourth-order valence-corrected chi connectivity index (χ4v) is 3.96. The van der Waals surface area contributed by atoms with Crippen LogP contribution < -0.4 is 14.8 Å². The molecule has 0 fully saturated rings. The monoisotopic (exact) mass is 511 g/mol. The van der Waals surface area contributed by atoms with E-state index in [-0.39, 0.29) is 11.5 Å². The first-order valence-electron chi connectivity index (χ1n) is 11.8. The zero-order chi connectivity index (χ0) is 26.1. The number of amides is 1. The zero-order valence-corrected chi connectivity index (χ0v) is 21.6. The fraction of sp³-hybridized carbons (Fsp3) is 0.333. The second-order valence-corrected chi connectivity index (χ2v) is 10.8. The molecule has 2 aromatic carbocycles. The van der Waals surface area contributed by atoms with Crippen LogP contribution in [0.1, 0.15) is 41.4 Å². The summed E-state index contributed by atoms with van der Waals surface area (Å²) in [5.41, 5.74) is 3.89. The fourth-order valence-electron chi connectivity index (χ4n) is 3.52. The van der Waals surface area contributed by atoms with Crippen molar-refractivity contribution in [3.8, 4) is 16.9 Å². The van der Waals surface area contributed by atoms with Gasteiger partial charge in [0.15, 0.2) is 0 Å². The smallest absolute Gasteiger partial charge is 0.268 e. The first-order chi connectivity index (χ1) is 17.1. The van der Waals surface area contributed by atoms with Crippen molar-refractivity contribution in [1.29, 1.82) is 0 Å². The van der Waals surface area contributed by atoms with Gasteiger partial charge in [-0.15, -0.1) is 0 Å². The number of carbonyl (C=O) groups excluding carboxylic acids is 1. The molecule has 0 unspecified atom stereocenters. The van der Waals surface area contributed by atoms with Crippen LogP contribution in [0.2, 0.25) is 0 Å². The van der Waals surface area contributed by atoms with Crippen LogP contribution in [0.15, 0.2) is 67.0 Å². The van der Waals surface area contributed by atoms with Crippen LogP contribution in [-0.4, -0.2) is 50.4 Å². The van der Waals surface area contributed by atoms with Gasteiger partial charge in [-0.1, -0.05) is 50.2 Å². The Bertz CT molecular complexity index is 1250. The predicted octanol–water partition coefficient (Wildman–Crippen LogP) is 3.34. The van der Waals surface area contributed by atoms with Gasteiger partial charge in [0.25, 0.3) is 5.91 Å². The Morgan fingerprint density at radius 2 is 1.81 bits per heavy atom. The van der Waals surface area contributed by atoms with E-state index in [1.807, 2.05) is 48.9 Å². The van der Waals surface area contributed by atoms with E-state index >= 15 is 0 Å². The SMILES string of the molecule is CC(C)COc1cc(-c2ccc(CCNC[C@@H](O)c3cccnc3)cc2)ccc1C(=O)NS(C)(=O)=O. The van der Waals surface area contributed by atoms with Crippen molar-refractivity contribution in [2.75, 3.05) is 26.0 Å². The number of benzene rings is 2. The maximum atomic E-state index is 12.5. The highest BCUT2D eigenvalue weighted by atomic mass is 32.2. The molecule has 0 saturated heterocycles. The molecule has 3 N–H and O–H groups in total. The Morgan fingerprint density at radius 1 is 1.08 bits per heavy atom. The summed E-state index contributed by atoms with van der Waals surface area (Å²) in [5.74, 6) is -0.153. The van der Waals surface area contributed by atoms with E-state index in [1.54, 1.807) is 36.7 Å². The van der Waals surface area contributed by atoms with Gasteiger partial charge >= 0.3 is 0 Å². The van der Waals surface area contributed by atoms with E-state index in [0.717, 1.165) is 34.9 Å². The minimum Gasteiger partial charge on any atom is -0.492 e. The third kappa shape index (κ3) is 8.44. The van der Waals surface area contributed by atoms with E-state index in [1.165, 1.54) is 0 Å². The number of sulfonamides is 1. The molecule has 3 rings (SSSR count). The van der Waals surface area contributed by atoms with Gasteiger partial charge in [0, 0.05) is 24.5 Å². The third-order valence-electron chi connectivity index (χ3n) is 5.36. The molecular weight excluding hydrogens is 478 g/mol. The van der Waals surface area contributed by atoms with Crippen molar-refractivity contribution in [2.24, 2.45) is 5.92 Å². The topological polar surface area (TPSA) is 118 Å². The molecule has 192 valence electrons. The van der Waals surface area contributed by atoms with E-state index in [0.29, 0.717) is 25.4 Å². The lowest BCUT2D eigenvalue weighted by Gasteiger charge is -2.15. The van der Waals surface area contributed by atoms with Crippen molar-refractivity contribution >= 4 is 15.9 Å². The van der Waals surface area contributed by atoms with Crippen LogP contribution in [0.4, 0.5) is 0 Å². The number of hydrogen-bond donors (Lipinski definition) is 3. The molecule has 1 heterocycles. The number of pyridine rings is 1.